The van der Waals surface area contributed by atoms with Gasteiger partial charge in [0.15, 0.2) is 5.13 Å². The molecule has 7 heteroatoms. The van der Waals surface area contributed by atoms with E-state index in [9.17, 15) is 10.1 Å². The van der Waals surface area contributed by atoms with Gasteiger partial charge in [-0.25, -0.2) is 4.98 Å². The molecule has 0 fully saturated rings. The maximum atomic E-state index is 12.6. The predicted octanol–water partition coefficient (Wildman–Crippen LogP) is 6.32. The van der Waals surface area contributed by atoms with Gasteiger partial charge in [0.2, 0.25) is 0 Å². The number of anilines is 1. The van der Waals surface area contributed by atoms with E-state index >= 15 is 0 Å². The first-order valence-electron chi connectivity index (χ1n) is 11.0. The lowest BCUT2D eigenvalue weighted by Gasteiger charge is -2.05. The second-order valence-electron chi connectivity index (χ2n) is 7.31. The van der Waals surface area contributed by atoms with Crippen molar-refractivity contribution in [1.82, 2.24) is 4.98 Å². The molecule has 0 saturated carbocycles. The zero-order valence-corrected chi connectivity index (χ0v) is 19.7. The number of benzene rings is 2. The van der Waals surface area contributed by atoms with Crippen LogP contribution < -0.4 is 14.8 Å². The van der Waals surface area contributed by atoms with Crippen LogP contribution in [0.3, 0.4) is 0 Å². The number of nitriles is 1. The summed E-state index contributed by atoms with van der Waals surface area (Å²) in [6, 6.07) is 16.9. The molecule has 0 aliphatic rings. The summed E-state index contributed by atoms with van der Waals surface area (Å²) in [4.78, 5) is 17.1. The fraction of sp³-hybridized carbons (Fsp3) is 0.269. The molecule has 1 heterocycles. The van der Waals surface area contributed by atoms with Crippen LogP contribution in [-0.2, 0) is 4.79 Å². The third-order valence-electron chi connectivity index (χ3n) is 4.67. The van der Waals surface area contributed by atoms with Gasteiger partial charge in [-0.2, -0.15) is 5.26 Å². The van der Waals surface area contributed by atoms with Crippen molar-refractivity contribution in [1.29, 1.82) is 5.26 Å². The van der Waals surface area contributed by atoms with E-state index in [1.807, 2.05) is 60.0 Å². The first-order valence-corrected chi connectivity index (χ1v) is 11.9. The number of ether oxygens (including phenoxy) is 2. The molecule has 0 bridgehead atoms. The second kappa shape index (κ2) is 12.4. The molecule has 0 atom stereocenters. The van der Waals surface area contributed by atoms with Crippen molar-refractivity contribution in [2.75, 3.05) is 18.5 Å². The maximum Gasteiger partial charge on any atom is 0.268 e. The van der Waals surface area contributed by atoms with Crippen molar-refractivity contribution in [3.63, 3.8) is 0 Å². The van der Waals surface area contributed by atoms with Gasteiger partial charge >= 0.3 is 0 Å². The molecule has 0 spiro atoms. The van der Waals surface area contributed by atoms with Gasteiger partial charge < -0.3 is 9.47 Å². The Hall–Kier alpha value is -3.63. The number of amides is 1. The van der Waals surface area contributed by atoms with Gasteiger partial charge in [-0.15, -0.1) is 11.3 Å². The van der Waals surface area contributed by atoms with Crippen LogP contribution in [-0.4, -0.2) is 24.1 Å². The summed E-state index contributed by atoms with van der Waals surface area (Å²) < 4.78 is 11.2. The Labute approximate surface area is 198 Å². The molecule has 170 valence electrons. The lowest BCUT2D eigenvalue weighted by molar-refractivity contribution is -0.112. The molecule has 2 aromatic carbocycles. The number of nitrogens with zero attached hydrogens (tertiary/aromatic N) is 2. The number of hydrogen-bond acceptors (Lipinski definition) is 6. The molecule has 1 aromatic heterocycles. The molecule has 3 aromatic rings. The highest BCUT2D eigenvalue weighted by Gasteiger charge is 2.13. The largest absolute Gasteiger partial charge is 0.494 e. The summed E-state index contributed by atoms with van der Waals surface area (Å²) in [6.45, 7) is 5.52. The van der Waals surface area contributed by atoms with Crippen LogP contribution in [0.15, 0.2) is 59.5 Å². The van der Waals surface area contributed by atoms with Crippen LogP contribution >= 0.6 is 11.3 Å². The highest BCUT2D eigenvalue weighted by molar-refractivity contribution is 7.14. The minimum absolute atomic E-state index is 0.00354. The first-order chi connectivity index (χ1) is 16.1. The molecule has 1 N–H and O–H groups in total. The number of aromatic nitrogens is 1. The smallest absolute Gasteiger partial charge is 0.268 e. The lowest BCUT2D eigenvalue weighted by Crippen LogP contribution is -2.13. The molecule has 33 heavy (non-hydrogen) atoms. The summed E-state index contributed by atoms with van der Waals surface area (Å²) in [5.74, 6) is 1.09. The predicted molar refractivity (Wildman–Crippen MR) is 132 cm³/mol. The Morgan fingerprint density at radius 1 is 1.03 bits per heavy atom. The Bertz CT molecular complexity index is 1110. The van der Waals surface area contributed by atoms with E-state index in [2.05, 4.69) is 24.1 Å². The summed E-state index contributed by atoms with van der Waals surface area (Å²) in [7, 11) is 0. The van der Waals surface area contributed by atoms with Gasteiger partial charge in [0, 0.05) is 10.9 Å². The van der Waals surface area contributed by atoms with Gasteiger partial charge in [-0.3, -0.25) is 10.1 Å². The lowest BCUT2D eigenvalue weighted by atomic mass is 10.1. The number of thiazole rings is 1. The standard InChI is InChI=1S/C26H27N3O3S/c1-3-5-15-32-22-10-6-19(7-11-22)16-21(17-27)25(30)29-26-28-24(18-33-26)20-8-12-23(13-9-20)31-14-4-2/h6-13,16,18H,3-5,14-15H2,1-2H3,(H,28,29,30). The van der Waals surface area contributed by atoms with Crippen LogP contribution in [0, 0.1) is 11.3 Å². The fourth-order valence-electron chi connectivity index (χ4n) is 2.88. The van der Waals surface area contributed by atoms with Crippen LogP contribution in [0.2, 0.25) is 0 Å². The number of unbranched alkanes of at least 4 members (excludes halogenated alkanes) is 1. The van der Waals surface area contributed by atoms with E-state index < -0.39 is 5.91 Å². The monoisotopic (exact) mass is 461 g/mol. The average Bonchev–Trinajstić information content (AvgIpc) is 3.31. The topological polar surface area (TPSA) is 84.2 Å². The molecule has 3 rings (SSSR count). The van der Waals surface area contributed by atoms with E-state index in [0.717, 1.165) is 47.6 Å². The second-order valence-corrected chi connectivity index (χ2v) is 8.16. The minimum atomic E-state index is -0.495. The molecule has 0 aliphatic carbocycles. The molecule has 0 unspecified atom stereocenters. The van der Waals surface area contributed by atoms with Gasteiger partial charge in [0.25, 0.3) is 5.91 Å². The van der Waals surface area contributed by atoms with Crippen molar-refractivity contribution in [2.45, 2.75) is 33.1 Å². The highest BCUT2D eigenvalue weighted by Crippen LogP contribution is 2.27. The third kappa shape index (κ3) is 7.19. The Morgan fingerprint density at radius 3 is 2.33 bits per heavy atom. The van der Waals surface area contributed by atoms with Crippen LogP contribution in [0.5, 0.6) is 11.5 Å². The quantitative estimate of drug-likeness (QED) is 0.205. The number of carbonyl (C=O) groups excluding carboxylic acids is 1. The first kappa shape index (κ1) is 24.0. The zero-order chi connectivity index (χ0) is 23.5. The van der Waals surface area contributed by atoms with Crippen LogP contribution in [0.1, 0.15) is 38.7 Å². The fourth-order valence-corrected chi connectivity index (χ4v) is 3.59. The highest BCUT2D eigenvalue weighted by atomic mass is 32.1. The maximum absolute atomic E-state index is 12.6. The number of rotatable bonds is 11. The Morgan fingerprint density at radius 2 is 1.70 bits per heavy atom. The molecular formula is C26H27N3O3S. The van der Waals surface area contributed by atoms with Gasteiger partial charge in [-0.1, -0.05) is 32.4 Å². The van der Waals surface area contributed by atoms with Gasteiger partial charge in [-0.05, 0) is 60.9 Å². The SMILES string of the molecule is CCCCOc1ccc(C=C(C#N)C(=O)Nc2nc(-c3ccc(OCCC)cc3)cs2)cc1. The van der Waals surface area contributed by atoms with Gasteiger partial charge in [0.05, 0.1) is 18.9 Å². The zero-order valence-electron chi connectivity index (χ0n) is 18.8. The Balaban J connectivity index is 1.63. The average molecular weight is 462 g/mol. The van der Waals surface area contributed by atoms with Crippen molar-refractivity contribution >= 4 is 28.5 Å². The van der Waals surface area contributed by atoms with Crippen molar-refractivity contribution in [2.24, 2.45) is 0 Å². The summed E-state index contributed by atoms with van der Waals surface area (Å²) in [6.07, 6.45) is 4.57. The van der Waals surface area contributed by atoms with E-state index in [0.29, 0.717) is 18.3 Å². The van der Waals surface area contributed by atoms with Crippen molar-refractivity contribution < 1.29 is 14.3 Å². The van der Waals surface area contributed by atoms with E-state index in [4.69, 9.17) is 9.47 Å². The molecule has 1 amide bonds. The van der Waals surface area contributed by atoms with E-state index in [1.54, 1.807) is 6.08 Å². The molecule has 0 saturated heterocycles. The third-order valence-corrected chi connectivity index (χ3v) is 5.43. The van der Waals surface area contributed by atoms with Crippen LogP contribution in [0.4, 0.5) is 5.13 Å². The number of hydrogen-bond donors (Lipinski definition) is 1. The van der Waals surface area contributed by atoms with Crippen molar-refractivity contribution in [3.8, 4) is 28.8 Å². The van der Waals surface area contributed by atoms with Crippen molar-refractivity contribution in [3.05, 3.63) is 65.0 Å². The Kier molecular flexibility index (Phi) is 9.04. The van der Waals surface area contributed by atoms with E-state index in [-0.39, 0.29) is 5.57 Å². The summed E-state index contributed by atoms with van der Waals surface area (Å²) in [5, 5.41) is 14.5. The number of nitrogens with one attached hydrogen (secondary N) is 1. The minimum Gasteiger partial charge on any atom is -0.494 e. The molecule has 0 aliphatic heterocycles. The summed E-state index contributed by atoms with van der Waals surface area (Å²) in [5.41, 5.74) is 2.42. The molecule has 6 nitrogen and oxygen atoms in total. The number of carbonyl (C=O) groups is 1. The van der Waals surface area contributed by atoms with Gasteiger partial charge in [0.1, 0.15) is 23.1 Å². The summed E-state index contributed by atoms with van der Waals surface area (Å²) >= 11 is 1.31. The molecule has 0 radical (unpaired) electrons. The normalized spacial score (nSPS) is 11.0. The van der Waals surface area contributed by atoms with Crippen LogP contribution in [0.25, 0.3) is 17.3 Å². The van der Waals surface area contributed by atoms with E-state index in [1.165, 1.54) is 11.3 Å². The molecular weight excluding hydrogens is 434 g/mol.